The summed E-state index contributed by atoms with van der Waals surface area (Å²) in [4.78, 5) is 28.2. The first-order chi connectivity index (χ1) is 18.1. The number of aliphatic carboxylic acids is 1. The van der Waals surface area contributed by atoms with Gasteiger partial charge in [-0.25, -0.2) is 9.48 Å². The summed E-state index contributed by atoms with van der Waals surface area (Å²) in [6.45, 7) is 0.446. The van der Waals surface area contributed by atoms with Crippen LogP contribution in [0.1, 0.15) is 16.1 Å². The van der Waals surface area contributed by atoms with Gasteiger partial charge in [-0.2, -0.15) is 18.3 Å². The Morgan fingerprint density at radius 2 is 1.63 bits per heavy atom. The molecule has 8 nitrogen and oxygen atoms in total. The average molecular weight is 521 g/mol. The second-order valence-electron chi connectivity index (χ2n) is 8.17. The minimum atomic E-state index is -5.08. The lowest BCUT2D eigenvalue weighted by molar-refractivity contribution is -0.192. The minimum absolute atomic E-state index is 0.0527. The molecule has 0 unspecified atom stereocenters. The highest BCUT2D eigenvalue weighted by Crippen LogP contribution is 2.27. The van der Waals surface area contributed by atoms with Crippen LogP contribution in [0.3, 0.4) is 0 Å². The number of nitrogens with zero attached hydrogens (tertiary/aromatic N) is 5. The maximum absolute atomic E-state index is 13.3. The molecule has 38 heavy (non-hydrogen) atoms. The first-order valence-corrected chi connectivity index (χ1v) is 11.3. The number of rotatable bonds is 5. The molecule has 5 rings (SSSR count). The molecule has 0 fully saturated rings. The van der Waals surface area contributed by atoms with Crippen LogP contribution in [0.25, 0.3) is 22.6 Å². The van der Waals surface area contributed by atoms with Crippen molar-refractivity contribution in [3.63, 3.8) is 0 Å². The Hall–Kier alpha value is -4.93. The van der Waals surface area contributed by atoms with Gasteiger partial charge in [-0.15, -0.1) is 0 Å². The fraction of sp³-hybridized carbons (Fsp3) is 0.111. The Bertz CT molecular complexity index is 1550. The SMILES string of the molecule is CN(Cc1ccccn1)C(=O)c1cc(-c2ccn(-c3ccccc3)n2)n2ccccc12.O=C(O)C(F)(F)F. The number of hydrogen-bond acceptors (Lipinski definition) is 4. The molecule has 0 aliphatic heterocycles. The first kappa shape index (κ1) is 26.1. The highest BCUT2D eigenvalue weighted by molar-refractivity contribution is 6.02. The lowest BCUT2D eigenvalue weighted by Gasteiger charge is -2.16. The third kappa shape index (κ3) is 5.89. The van der Waals surface area contributed by atoms with Crippen molar-refractivity contribution >= 4 is 17.4 Å². The van der Waals surface area contributed by atoms with Crippen LogP contribution in [-0.2, 0) is 11.3 Å². The number of hydrogen-bond donors (Lipinski definition) is 1. The Morgan fingerprint density at radius 1 is 0.947 bits per heavy atom. The Kier molecular flexibility index (Phi) is 7.56. The van der Waals surface area contributed by atoms with E-state index in [4.69, 9.17) is 15.0 Å². The zero-order chi connectivity index (χ0) is 27.3. The number of para-hydroxylation sites is 1. The van der Waals surface area contributed by atoms with Crippen molar-refractivity contribution in [3.05, 3.63) is 109 Å². The molecule has 0 saturated carbocycles. The van der Waals surface area contributed by atoms with Crippen LogP contribution in [-0.4, -0.2) is 54.3 Å². The van der Waals surface area contributed by atoms with Gasteiger partial charge in [0.05, 0.1) is 34.7 Å². The van der Waals surface area contributed by atoms with Gasteiger partial charge in [-0.1, -0.05) is 30.3 Å². The lowest BCUT2D eigenvalue weighted by Crippen LogP contribution is -2.26. The second kappa shape index (κ2) is 11.0. The van der Waals surface area contributed by atoms with Crippen molar-refractivity contribution in [1.29, 1.82) is 0 Å². The molecule has 0 aliphatic rings. The molecule has 0 aliphatic carbocycles. The number of pyridine rings is 2. The number of alkyl halides is 3. The summed E-state index contributed by atoms with van der Waals surface area (Å²) in [7, 11) is 1.80. The number of benzene rings is 1. The molecule has 1 aromatic carbocycles. The number of carboxylic acid groups (broad SMARTS) is 1. The van der Waals surface area contributed by atoms with Crippen molar-refractivity contribution in [3.8, 4) is 17.1 Å². The minimum Gasteiger partial charge on any atom is -0.475 e. The van der Waals surface area contributed by atoms with E-state index in [1.807, 2.05) is 100 Å². The average Bonchev–Trinajstić information content (AvgIpc) is 3.55. The lowest BCUT2D eigenvalue weighted by atomic mass is 10.2. The van der Waals surface area contributed by atoms with E-state index >= 15 is 0 Å². The molecule has 194 valence electrons. The van der Waals surface area contributed by atoms with Gasteiger partial charge in [-0.05, 0) is 48.5 Å². The summed E-state index contributed by atoms with van der Waals surface area (Å²) in [6.07, 6.45) is 0.548. The molecule has 1 N–H and O–H groups in total. The van der Waals surface area contributed by atoms with E-state index in [0.29, 0.717) is 12.1 Å². The smallest absolute Gasteiger partial charge is 0.475 e. The van der Waals surface area contributed by atoms with Crippen LogP contribution in [0.15, 0.2) is 97.5 Å². The molecule has 0 spiro atoms. The van der Waals surface area contributed by atoms with Crippen LogP contribution in [0, 0.1) is 0 Å². The highest BCUT2D eigenvalue weighted by Gasteiger charge is 2.38. The fourth-order valence-corrected chi connectivity index (χ4v) is 3.72. The first-order valence-electron chi connectivity index (χ1n) is 11.3. The highest BCUT2D eigenvalue weighted by atomic mass is 19.4. The normalized spacial score (nSPS) is 11.1. The Balaban J connectivity index is 0.000000426. The summed E-state index contributed by atoms with van der Waals surface area (Å²) >= 11 is 0. The molecule has 5 aromatic rings. The van der Waals surface area contributed by atoms with Crippen LogP contribution in [0.5, 0.6) is 0 Å². The van der Waals surface area contributed by atoms with Gasteiger partial charge in [0.1, 0.15) is 5.69 Å². The van der Waals surface area contributed by atoms with E-state index in [1.54, 1.807) is 18.1 Å². The monoisotopic (exact) mass is 521 g/mol. The molecule has 1 amide bonds. The van der Waals surface area contributed by atoms with Gasteiger partial charge in [0.25, 0.3) is 5.91 Å². The predicted octanol–water partition coefficient (Wildman–Crippen LogP) is 5.09. The van der Waals surface area contributed by atoms with Gasteiger partial charge in [0.2, 0.25) is 0 Å². The van der Waals surface area contributed by atoms with E-state index in [2.05, 4.69) is 4.98 Å². The van der Waals surface area contributed by atoms with Crippen molar-refractivity contribution in [2.75, 3.05) is 7.05 Å². The second-order valence-corrected chi connectivity index (χ2v) is 8.17. The fourth-order valence-electron chi connectivity index (χ4n) is 3.72. The van der Waals surface area contributed by atoms with Crippen LogP contribution >= 0.6 is 0 Å². The van der Waals surface area contributed by atoms with Crippen LogP contribution in [0.4, 0.5) is 13.2 Å². The summed E-state index contributed by atoms with van der Waals surface area (Å²) in [5.41, 5.74) is 5.01. The number of carbonyl (C=O) groups is 2. The van der Waals surface area contributed by atoms with Gasteiger partial charge >= 0.3 is 12.1 Å². The molecule has 4 aromatic heterocycles. The van der Waals surface area contributed by atoms with Crippen LogP contribution < -0.4 is 0 Å². The number of carboxylic acids is 1. The van der Waals surface area contributed by atoms with Crippen molar-refractivity contribution in [1.82, 2.24) is 24.1 Å². The molecule has 4 heterocycles. The maximum Gasteiger partial charge on any atom is 0.490 e. The summed E-state index contributed by atoms with van der Waals surface area (Å²) < 4.78 is 35.6. The Morgan fingerprint density at radius 3 is 2.29 bits per heavy atom. The van der Waals surface area contributed by atoms with Gasteiger partial charge in [-0.3, -0.25) is 9.78 Å². The largest absolute Gasteiger partial charge is 0.490 e. The summed E-state index contributed by atoms with van der Waals surface area (Å²) in [5, 5.41) is 11.9. The van der Waals surface area contributed by atoms with Crippen molar-refractivity contribution in [2.45, 2.75) is 12.7 Å². The summed E-state index contributed by atoms with van der Waals surface area (Å²) in [5.74, 6) is -2.81. The number of aromatic nitrogens is 4. The van der Waals surface area contributed by atoms with Crippen molar-refractivity contribution in [2.24, 2.45) is 0 Å². The predicted molar refractivity (Wildman–Crippen MR) is 134 cm³/mol. The maximum atomic E-state index is 13.3. The molecule has 0 saturated heterocycles. The van der Waals surface area contributed by atoms with E-state index in [9.17, 15) is 18.0 Å². The molecule has 0 bridgehead atoms. The zero-order valence-electron chi connectivity index (χ0n) is 20.1. The molecular formula is C27H22F3N5O3. The zero-order valence-corrected chi connectivity index (χ0v) is 20.1. The molecular weight excluding hydrogens is 499 g/mol. The molecule has 11 heteroatoms. The number of halogens is 3. The van der Waals surface area contributed by atoms with Gasteiger partial charge in [0, 0.05) is 25.6 Å². The van der Waals surface area contributed by atoms with Crippen LogP contribution in [0.2, 0.25) is 0 Å². The number of carbonyl (C=O) groups excluding carboxylic acids is 1. The molecule has 0 radical (unpaired) electrons. The number of fused-ring (bicyclic) bond motifs is 1. The Labute approximate surface area is 215 Å². The van der Waals surface area contributed by atoms with Gasteiger partial charge < -0.3 is 14.4 Å². The number of amides is 1. The quantitative estimate of drug-likeness (QED) is 0.348. The van der Waals surface area contributed by atoms with E-state index in [-0.39, 0.29) is 5.91 Å². The van der Waals surface area contributed by atoms with Gasteiger partial charge in [0.15, 0.2) is 0 Å². The topological polar surface area (TPSA) is 92.7 Å². The third-order valence-electron chi connectivity index (χ3n) is 5.49. The van der Waals surface area contributed by atoms with E-state index in [1.165, 1.54) is 0 Å². The third-order valence-corrected chi connectivity index (χ3v) is 5.49. The van der Waals surface area contributed by atoms with E-state index in [0.717, 1.165) is 28.3 Å². The van der Waals surface area contributed by atoms with E-state index < -0.39 is 12.1 Å². The summed E-state index contributed by atoms with van der Waals surface area (Å²) in [6, 6.07) is 25.4. The van der Waals surface area contributed by atoms with Crippen molar-refractivity contribution < 1.29 is 27.9 Å². The molecule has 0 atom stereocenters. The standard InChI is InChI=1S/C25H21N5O.C2HF3O2/c1-28(18-19-9-5-7-14-26-19)25(31)21-17-24(29-15-8-6-12-23(21)29)22-13-16-30(27-22)20-10-3-2-4-11-20;3-2(4,5)1(6)7/h2-17H,18H2,1H3;(H,6,7).